The maximum Gasteiger partial charge on any atom is 0.246 e. The SMILES string of the molecule is Cc1ccc(NC(=O)[C@@H](C)Nc2ccc(NC(=O)C3CC3)cc2)cc1F. The van der Waals surface area contributed by atoms with Crippen LogP contribution in [-0.4, -0.2) is 17.9 Å². The van der Waals surface area contributed by atoms with E-state index in [0.717, 1.165) is 24.2 Å². The molecule has 3 N–H and O–H groups in total. The fraction of sp³-hybridized carbons (Fsp3) is 0.300. The van der Waals surface area contributed by atoms with Crippen molar-refractivity contribution in [3.63, 3.8) is 0 Å². The van der Waals surface area contributed by atoms with Crippen LogP contribution >= 0.6 is 0 Å². The van der Waals surface area contributed by atoms with Crippen molar-refractivity contribution >= 4 is 28.9 Å². The first kappa shape index (κ1) is 17.9. The molecule has 0 heterocycles. The first-order valence-corrected chi connectivity index (χ1v) is 8.67. The molecular weight excluding hydrogens is 333 g/mol. The summed E-state index contributed by atoms with van der Waals surface area (Å²) >= 11 is 0. The molecule has 1 saturated carbocycles. The number of nitrogens with one attached hydrogen (secondary N) is 3. The van der Waals surface area contributed by atoms with E-state index in [4.69, 9.17) is 0 Å². The Hall–Kier alpha value is -2.89. The molecule has 0 aromatic heterocycles. The average molecular weight is 355 g/mol. The molecule has 2 aromatic carbocycles. The molecule has 0 bridgehead atoms. The molecule has 5 nitrogen and oxygen atoms in total. The first-order valence-electron chi connectivity index (χ1n) is 8.67. The van der Waals surface area contributed by atoms with Crippen LogP contribution in [0.2, 0.25) is 0 Å². The highest BCUT2D eigenvalue weighted by atomic mass is 19.1. The van der Waals surface area contributed by atoms with Gasteiger partial charge in [0, 0.05) is 23.0 Å². The number of benzene rings is 2. The van der Waals surface area contributed by atoms with Gasteiger partial charge in [-0.1, -0.05) is 6.07 Å². The van der Waals surface area contributed by atoms with E-state index in [0.29, 0.717) is 11.3 Å². The van der Waals surface area contributed by atoms with Crippen LogP contribution in [0.1, 0.15) is 25.3 Å². The Morgan fingerprint density at radius 2 is 1.62 bits per heavy atom. The second-order valence-electron chi connectivity index (χ2n) is 6.66. The maximum absolute atomic E-state index is 13.6. The van der Waals surface area contributed by atoms with Crippen LogP contribution in [0.3, 0.4) is 0 Å². The molecule has 1 atom stereocenters. The van der Waals surface area contributed by atoms with Crippen LogP contribution in [0.5, 0.6) is 0 Å². The molecule has 0 radical (unpaired) electrons. The van der Waals surface area contributed by atoms with Crippen molar-refractivity contribution in [2.75, 3.05) is 16.0 Å². The Labute approximate surface area is 152 Å². The number of carbonyl (C=O) groups excluding carboxylic acids is 2. The topological polar surface area (TPSA) is 70.2 Å². The number of hydrogen-bond donors (Lipinski definition) is 3. The van der Waals surface area contributed by atoms with Crippen LogP contribution in [0, 0.1) is 18.7 Å². The Morgan fingerprint density at radius 3 is 2.23 bits per heavy atom. The van der Waals surface area contributed by atoms with Crippen molar-refractivity contribution < 1.29 is 14.0 Å². The highest BCUT2D eigenvalue weighted by Crippen LogP contribution is 2.30. The highest BCUT2D eigenvalue weighted by Gasteiger charge is 2.29. The van der Waals surface area contributed by atoms with E-state index in [2.05, 4.69) is 16.0 Å². The van der Waals surface area contributed by atoms with Crippen molar-refractivity contribution in [1.82, 2.24) is 0 Å². The third-order valence-corrected chi connectivity index (χ3v) is 4.32. The molecule has 26 heavy (non-hydrogen) atoms. The molecule has 136 valence electrons. The van der Waals surface area contributed by atoms with Crippen LogP contribution in [-0.2, 0) is 9.59 Å². The quantitative estimate of drug-likeness (QED) is 0.735. The standard InChI is InChI=1S/C20H22FN3O2/c1-12-3-6-17(11-18(12)21)24-19(25)13(2)22-15-7-9-16(10-8-15)23-20(26)14-4-5-14/h3,6-11,13-14,22H,4-5H2,1-2H3,(H,23,26)(H,24,25)/t13-/m1/s1. The lowest BCUT2D eigenvalue weighted by Gasteiger charge is -2.16. The largest absolute Gasteiger partial charge is 0.374 e. The number of anilines is 3. The summed E-state index contributed by atoms with van der Waals surface area (Å²) in [5.41, 5.74) is 2.44. The molecule has 1 aliphatic rings. The summed E-state index contributed by atoms with van der Waals surface area (Å²) in [4.78, 5) is 24.0. The van der Waals surface area contributed by atoms with E-state index < -0.39 is 6.04 Å². The Morgan fingerprint density at radius 1 is 1.00 bits per heavy atom. The number of rotatable bonds is 6. The summed E-state index contributed by atoms with van der Waals surface area (Å²) in [7, 11) is 0. The van der Waals surface area contributed by atoms with E-state index in [1.165, 1.54) is 6.07 Å². The van der Waals surface area contributed by atoms with Gasteiger partial charge in [-0.25, -0.2) is 4.39 Å². The lowest BCUT2D eigenvalue weighted by atomic mass is 10.2. The van der Waals surface area contributed by atoms with Gasteiger partial charge in [0.15, 0.2) is 0 Å². The lowest BCUT2D eigenvalue weighted by molar-refractivity contribution is -0.117. The number of amides is 2. The van der Waals surface area contributed by atoms with Crippen LogP contribution < -0.4 is 16.0 Å². The Balaban J connectivity index is 1.54. The van der Waals surface area contributed by atoms with E-state index >= 15 is 0 Å². The van der Waals surface area contributed by atoms with Gasteiger partial charge in [0.1, 0.15) is 11.9 Å². The Bertz CT molecular complexity index is 816. The minimum atomic E-state index is -0.508. The van der Waals surface area contributed by atoms with Crippen molar-refractivity contribution in [2.24, 2.45) is 5.92 Å². The smallest absolute Gasteiger partial charge is 0.246 e. The monoisotopic (exact) mass is 355 g/mol. The first-order chi connectivity index (χ1) is 12.4. The second kappa shape index (κ2) is 7.56. The zero-order chi connectivity index (χ0) is 18.7. The zero-order valence-electron chi connectivity index (χ0n) is 14.8. The molecule has 0 saturated heterocycles. The fourth-order valence-electron chi connectivity index (χ4n) is 2.48. The molecule has 0 spiro atoms. The van der Waals surface area contributed by atoms with Gasteiger partial charge in [-0.15, -0.1) is 0 Å². The number of carbonyl (C=O) groups is 2. The molecule has 3 rings (SSSR count). The molecule has 1 aliphatic carbocycles. The van der Waals surface area contributed by atoms with Gasteiger partial charge in [-0.3, -0.25) is 9.59 Å². The fourth-order valence-corrected chi connectivity index (χ4v) is 2.48. The summed E-state index contributed by atoms with van der Waals surface area (Å²) in [6, 6.07) is 11.3. The van der Waals surface area contributed by atoms with Gasteiger partial charge in [0.25, 0.3) is 0 Å². The lowest BCUT2D eigenvalue weighted by Crippen LogP contribution is -2.31. The summed E-state index contributed by atoms with van der Waals surface area (Å²) in [6.45, 7) is 3.39. The minimum Gasteiger partial charge on any atom is -0.374 e. The highest BCUT2D eigenvalue weighted by molar-refractivity contribution is 5.96. The van der Waals surface area contributed by atoms with Crippen LogP contribution in [0.25, 0.3) is 0 Å². The average Bonchev–Trinajstić information content (AvgIpc) is 3.45. The predicted molar refractivity (Wildman–Crippen MR) is 101 cm³/mol. The van der Waals surface area contributed by atoms with Gasteiger partial charge in [-0.05, 0) is 68.7 Å². The number of halogens is 1. The van der Waals surface area contributed by atoms with Gasteiger partial charge in [0.2, 0.25) is 11.8 Å². The summed E-state index contributed by atoms with van der Waals surface area (Å²) in [5.74, 6) is -0.404. The molecule has 2 amide bonds. The van der Waals surface area contributed by atoms with Crippen molar-refractivity contribution in [1.29, 1.82) is 0 Å². The molecule has 1 fully saturated rings. The van der Waals surface area contributed by atoms with Crippen LogP contribution in [0.4, 0.5) is 21.5 Å². The molecule has 0 unspecified atom stereocenters. The number of hydrogen-bond acceptors (Lipinski definition) is 3. The van der Waals surface area contributed by atoms with Crippen LogP contribution in [0.15, 0.2) is 42.5 Å². The predicted octanol–water partition coefficient (Wildman–Crippen LogP) is 3.92. The summed E-state index contributed by atoms with van der Waals surface area (Å²) < 4.78 is 13.6. The van der Waals surface area contributed by atoms with Gasteiger partial charge >= 0.3 is 0 Å². The molecule has 0 aliphatic heterocycles. The third kappa shape index (κ3) is 4.59. The van der Waals surface area contributed by atoms with E-state index in [1.807, 2.05) is 0 Å². The zero-order valence-corrected chi connectivity index (χ0v) is 14.8. The second-order valence-corrected chi connectivity index (χ2v) is 6.66. The summed E-state index contributed by atoms with van der Waals surface area (Å²) in [5, 5.41) is 8.64. The number of aryl methyl sites for hydroxylation is 1. The molecule has 2 aromatic rings. The normalized spacial score (nSPS) is 14.4. The molecular formula is C20H22FN3O2. The Kier molecular flexibility index (Phi) is 5.21. The molecule has 6 heteroatoms. The van der Waals surface area contributed by atoms with Gasteiger partial charge in [-0.2, -0.15) is 0 Å². The van der Waals surface area contributed by atoms with Gasteiger partial charge < -0.3 is 16.0 Å². The third-order valence-electron chi connectivity index (χ3n) is 4.32. The maximum atomic E-state index is 13.6. The summed E-state index contributed by atoms with van der Waals surface area (Å²) in [6.07, 6.45) is 1.92. The van der Waals surface area contributed by atoms with Gasteiger partial charge in [0.05, 0.1) is 0 Å². The van der Waals surface area contributed by atoms with Crippen molar-refractivity contribution in [2.45, 2.75) is 32.7 Å². The van der Waals surface area contributed by atoms with E-state index in [9.17, 15) is 14.0 Å². The van der Waals surface area contributed by atoms with E-state index in [1.54, 1.807) is 50.2 Å². The van der Waals surface area contributed by atoms with Crippen molar-refractivity contribution in [3.8, 4) is 0 Å². The van der Waals surface area contributed by atoms with Crippen molar-refractivity contribution in [3.05, 3.63) is 53.8 Å². The van der Waals surface area contributed by atoms with E-state index in [-0.39, 0.29) is 23.5 Å². The minimum absolute atomic E-state index is 0.0591.